The number of hydrogen-bond donors (Lipinski definition) is 0. The molecule has 0 aromatic heterocycles. The van der Waals surface area contributed by atoms with E-state index in [1.165, 1.54) is 65.6 Å². The molecule has 6 aromatic rings. The summed E-state index contributed by atoms with van der Waals surface area (Å²) in [5.74, 6) is 0. The zero-order chi connectivity index (χ0) is 21.5. The van der Waals surface area contributed by atoms with Gasteiger partial charge in [-0.25, -0.2) is 0 Å². The van der Waals surface area contributed by atoms with Crippen LogP contribution in [-0.4, -0.2) is 6.67 Å². The summed E-state index contributed by atoms with van der Waals surface area (Å²) in [6, 6.07) is 36.1. The Morgan fingerprint density at radius 1 is 0.424 bits per heavy atom. The van der Waals surface area contributed by atoms with Crippen molar-refractivity contribution in [1.82, 2.24) is 0 Å². The van der Waals surface area contributed by atoms with Gasteiger partial charge in [0, 0.05) is 35.6 Å². The van der Waals surface area contributed by atoms with Gasteiger partial charge >= 0.3 is 0 Å². The second kappa shape index (κ2) is 6.26. The molecule has 2 bridgehead atoms. The molecule has 8 rings (SSSR count). The van der Waals surface area contributed by atoms with Crippen molar-refractivity contribution in [3.63, 3.8) is 0 Å². The standard InChI is InChI=1S/C31H22N2/c1-3-7-22-15-26-24(13-20(22)5-1)9-11-30-28(26)17-32-19-33(30)18-29-27-16-23-8-4-2-6-21(23)14-25(27)10-12-31(29)32/h1-16H,17-19H2. The van der Waals surface area contributed by atoms with Crippen LogP contribution in [0.5, 0.6) is 0 Å². The maximum absolute atomic E-state index is 2.56. The van der Waals surface area contributed by atoms with Crippen LogP contribution in [0.3, 0.4) is 0 Å². The van der Waals surface area contributed by atoms with Crippen molar-refractivity contribution in [3.05, 3.63) is 108 Å². The van der Waals surface area contributed by atoms with Crippen LogP contribution in [0.4, 0.5) is 11.4 Å². The van der Waals surface area contributed by atoms with E-state index in [0.29, 0.717) is 0 Å². The van der Waals surface area contributed by atoms with Crippen LogP contribution < -0.4 is 9.80 Å². The normalized spacial score (nSPS) is 14.8. The van der Waals surface area contributed by atoms with Gasteiger partial charge in [0.15, 0.2) is 0 Å². The van der Waals surface area contributed by atoms with E-state index in [2.05, 4.69) is 107 Å². The smallest absolute Gasteiger partial charge is 0.0910 e. The van der Waals surface area contributed by atoms with E-state index in [-0.39, 0.29) is 0 Å². The van der Waals surface area contributed by atoms with Crippen molar-refractivity contribution < 1.29 is 0 Å². The maximum Gasteiger partial charge on any atom is 0.0910 e. The molecule has 2 aliphatic rings. The van der Waals surface area contributed by atoms with E-state index in [4.69, 9.17) is 0 Å². The molecule has 6 aromatic carbocycles. The van der Waals surface area contributed by atoms with E-state index in [1.54, 1.807) is 0 Å². The Kier molecular flexibility index (Phi) is 3.32. The summed E-state index contributed by atoms with van der Waals surface area (Å²) in [6.07, 6.45) is 0. The lowest BCUT2D eigenvalue weighted by Gasteiger charge is -2.45. The van der Waals surface area contributed by atoms with E-state index < -0.39 is 0 Å². The molecule has 0 spiro atoms. The third kappa shape index (κ3) is 2.44. The summed E-state index contributed by atoms with van der Waals surface area (Å²) in [6.45, 7) is 2.86. The van der Waals surface area contributed by atoms with Crippen molar-refractivity contribution in [2.45, 2.75) is 13.1 Å². The Morgan fingerprint density at radius 3 is 1.30 bits per heavy atom. The van der Waals surface area contributed by atoms with Crippen LogP contribution >= 0.6 is 0 Å². The maximum atomic E-state index is 2.56. The lowest BCUT2D eigenvalue weighted by atomic mass is 9.92. The van der Waals surface area contributed by atoms with Crippen molar-refractivity contribution >= 4 is 54.5 Å². The van der Waals surface area contributed by atoms with Crippen LogP contribution in [-0.2, 0) is 13.1 Å². The Morgan fingerprint density at radius 2 is 0.848 bits per heavy atom. The molecule has 2 heteroatoms. The van der Waals surface area contributed by atoms with Gasteiger partial charge in [0.1, 0.15) is 0 Å². The van der Waals surface area contributed by atoms with Gasteiger partial charge in [-0.15, -0.1) is 0 Å². The zero-order valence-corrected chi connectivity index (χ0v) is 18.3. The molecule has 2 heterocycles. The molecular formula is C31H22N2. The molecular weight excluding hydrogens is 400 g/mol. The zero-order valence-electron chi connectivity index (χ0n) is 18.3. The molecule has 33 heavy (non-hydrogen) atoms. The van der Waals surface area contributed by atoms with Crippen LogP contribution in [0.15, 0.2) is 97.1 Å². The summed E-state index contributed by atoms with van der Waals surface area (Å²) in [5.41, 5.74) is 5.68. The summed E-state index contributed by atoms with van der Waals surface area (Å²) in [7, 11) is 0. The Balaban J connectivity index is 1.33. The van der Waals surface area contributed by atoms with Crippen LogP contribution in [0.2, 0.25) is 0 Å². The van der Waals surface area contributed by atoms with Gasteiger partial charge in [0.2, 0.25) is 0 Å². The molecule has 0 saturated carbocycles. The fourth-order valence-electron chi connectivity index (χ4n) is 6.06. The van der Waals surface area contributed by atoms with Crippen molar-refractivity contribution in [1.29, 1.82) is 0 Å². The fourth-order valence-corrected chi connectivity index (χ4v) is 6.06. The van der Waals surface area contributed by atoms with Crippen molar-refractivity contribution in [2.24, 2.45) is 0 Å². The first kappa shape index (κ1) is 17.5. The summed E-state index contributed by atoms with van der Waals surface area (Å²) in [4.78, 5) is 5.12. The summed E-state index contributed by atoms with van der Waals surface area (Å²) >= 11 is 0. The molecule has 156 valence electrons. The van der Waals surface area contributed by atoms with Gasteiger partial charge in [-0.1, -0.05) is 60.7 Å². The summed E-state index contributed by atoms with van der Waals surface area (Å²) in [5, 5.41) is 10.7. The highest BCUT2D eigenvalue weighted by molar-refractivity contribution is 6.04. The molecule has 0 aliphatic carbocycles. The van der Waals surface area contributed by atoms with Gasteiger partial charge in [-0.3, -0.25) is 0 Å². The second-order valence-electron chi connectivity index (χ2n) is 9.50. The highest BCUT2D eigenvalue weighted by Crippen LogP contribution is 2.44. The predicted octanol–water partition coefficient (Wildman–Crippen LogP) is 7.60. The highest BCUT2D eigenvalue weighted by atomic mass is 15.4. The number of benzene rings is 6. The average Bonchev–Trinajstić information content (AvgIpc) is 2.86. The quantitative estimate of drug-likeness (QED) is 0.233. The van der Waals surface area contributed by atoms with Gasteiger partial charge in [-0.2, -0.15) is 0 Å². The molecule has 0 N–H and O–H groups in total. The van der Waals surface area contributed by atoms with Crippen LogP contribution in [0.25, 0.3) is 43.1 Å². The van der Waals surface area contributed by atoms with E-state index in [1.807, 2.05) is 0 Å². The number of nitrogens with zero attached hydrogens (tertiary/aromatic N) is 2. The fraction of sp³-hybridized carbons (Fsp3) is 0.0968. The molecule has 2 aliphatic heterocycles. The van der Waals surface area contributed by atoms with Gasteiger partial charge < -0.3 is 9.80 Å². The third-order valence-electron chi connectivity index (χ3n) is 7.67. The lowest BCUT2D eigenvalue weighted by Crippen LogP contribution is -2.46. The molecule has 0 amide bonds. The first-order valence-corrected chi connectivity index (χ1v) is 11.7. The SMILES string of the molecule is c1ccc2cc3c4c(ccc3cc2c1)N1Cc2c(ccc3cc5ccccc5cc23)N(C4)C1. The first-order valence-electron chi connectivity index (χ1n) is 11.7. The lowest BCUT2D eigenvalue weighted by molar-refractivity contribution is 0.657. The highest BCUT2D eigenvalue weighted by Gasteiger charge is 2.31. The first-order chi connectivity index (χ1) is 16.3. The Hall–Kier alpha value is -4.04. The van der Waals surface area contributed by atoms with E-state index in [9.17, 15) is 0 Å². The second-order valence-corrected chi connectivity index (χ2v) is 9.50. The number of rotatable bonds is 0. The largest absolute Gasteiger partial charge is 0.349 e. The molecule has 0 fully saturated rings. The number of anilines is 2. The summed E-state index contributed by atoms with van der Waals surface area (Å²) < 4.78 is 0. The number of hydrogen-bond acceptors (Lipinski definition) is 2. The van der Waals surface area contributed by atoms with Crippen LogP contribution in [0, 0.1) is 0 Å². The van der Waals surface area contributed by atoms with E-state index >= 15 is 0 Å². The topological polar surface area (TPSA) is 6.48 Å². The minimum absolute atomic E-state index is 0.952. The monoisotopic (exact) mass is 422 g/mol. The van der Waals surface area contributed by atoms with E-state index in [0.717, 1.165) is 19.8 Å². The minimum atomic E-state index is 0.952. The predicted molar refractivity (Wildman–Crippen MR) is 140 cm³/mol. The van der Waals surface area contributed by atoms with Gasteiger partial charge in [0.05, 0.1) is 6.67 Å². The third-order valence-corrected chi connectivity index (χ3v) is 7.67. The van der Waals surface area contributed by atoms with Gasteiger partial charge in [-0.05, 0) is 79.5 Å². The Bertz CT molecular complexity index is 1630. The molecule has 0 atom stereocenters. The van der Waals surface area contributed by atoms with Crippen LogP contribution in [0.1, 0.15) is 11.1 Å². The molecule has 2 nitrogen and oxygen atoms in total. The average molecular weight is 423 g/mol. The molecule has 0 saturated heterocycles. The Labute approximate surface area is 192 Å². The number of fused-ring (bicyclic) bond motifs is 12. The van der Waals surface area contributed by atoms with Crippen molar-refractivity contribution in [3.8, 4) is 0 Å². The van der Waals surface area contributed by atoms with Crippen molar-refractivity contribution in [2.75, 3.05) is 16.5 Å². The molecule has 0 radical (unpaired) electrons. The van der Waals surface area contributed by atoms with Gasteiger partial charge in [0.25, 0.3) is 0 Å². The molecule has 0 unspecified atom stereocenters. The minimum Gasteiger partial charge on any atom is -0.349 e.